The molecule has 0 fully saturated rings. The third kappa shape index (κ3) is 5.33. The average Bonchev–Trinajstić information content (AvgIpc) is 2.47. The molecule has 0 radical (unpaired) electrons. The summed E-state index contributed by atoms with van der Waals surface area (Å²) >= 11 is 0. The van der Waals surface area contributed by atoms with Gasteiger partial charge in [-0.25, -0.2) is 9.59 Å². The Morgan fingerprint density at radius 1 is 1.24 bits per heavy atom. The molecule has 6 heteroatoms. The Morgan fingerprint density at radius 3 is 2.29 bits per heavy atom. The van der Waals surface area contributed by atoms with Crippen LogP contribution in [0.5, 0.6) is 5.75 Å². The molecule has 0 heterocycles. The van der Waals surface area contributed by atoms with Gasteiger partial charge in [0.15, 0.2) is 6.61 Å². The van der Waals surface area contributed by atoms with Crippen molar-refractivity contribution in [1.82, 2.24) is 4.90 Å². The van der Waals surface area contributed by atoms with Crippen LogP contribution in [0, 0.1) is 0 Å². The van der Waals surface area contributed by atoms with E-state index in [-0.39, 0.29) is 18.7 Å². The predicted octanol–water partition coefficient (Wildman–Crippen LogP) is 2.80. The number of aliphatic carboxylic acids is 1. The van der Waals surface area contributed by atoms with Crippen molar-refractivity contribution in [1.29, 1.82) is 0 Å². The Hall–Kier alpha value is -2.24. The van der Waals surface area contributed by atoms with Gasteiger partial charge in [-0.3, -0.25) is 0 Å². The molecular weight excluding hydrogens is 272 g/mol. The number of hydrogen-bond donors (Lipinski definition) is 2. The van der Waals surface area contributed by atoms with Gasteiger partial charge in [0, 0.05) is 18.8 Å². The fraction of sp³-hybridized carbons (Fsp3) is 0.467. The third-order valence-corrected chi connectivity index (χ3v) is 3.28. The van der Waals surface area contributed by atoms with Crippen LogP contribution in [0.25, 0.3) is 0 Å². The second-order valence-electron chi connectivity index (χ2n) is 4.72. The number of benzene rings is 1. The van der Waals surface area contributed by atoms with Crippen molar-refractivity contribution >= 4 is 17.7 Å². The molecule has 0 saturated carbocycles. The van der Waals surface area contributed by atoms with Gasteiger partial charge in [-0.05, 0) is 37.1 Å². The minimum Gasteiger partial charge on any atom is -0.482 e. The average molecular weight is 294 g/mol. The van der Waals surface area contributed by atoms with E-state index in [9.17, 15) is 9.59 Å². The van der Waals surface area contributed by atoms with Crippen molar-refractivity contribution in [2.45, 2.75) is 32.7 Å². The molecule has 0 bridgehead atoms. The van der Waals surface area contributed by atoms with Crippen LogP contribution in [-0.2, 0) is 4.79 Å². The van der Waals surface area contributed by atoms with Gasteiger partial charge < -0.3 is 20.1 Å². The number of nitrogens with one attached hydrogen (secondary N) is 1. The largest absolute Gasteiger partial charge is 0.482 e. The van der Waals surface area contributed by atoms with Gasteiger partial charge in [0.1, 0.15) is 5.75 Å². The molecule has 6 nitrogen and oxygen atoms in total. The van der Waals surface area contributed by atoms with Crippen LogP contribution in [0.15, 0.2) is 24.3 Å². The first kappa shape index (κ1) is 16.8. The van der Waals surface area contributed by atoms with E-state index < -0.39 is 5.97 Å². The highest BCUT2D eigenvalue weighted by Crippen LogP contribution is 2.16. The lowest BCUT2D eigenvalue weighted by atomic mass is 10.1. The maximum atomic E-state index is 12.1. The van der Waals surface area contributed by atoms with Gasteiger partial charge in [0.05, 0.1) is 0 Å². The molecular formula is C15H22N2O4. The van der Waals surface area contributed by atoms with Gasteiger partial charge in [-0.15, -0.1) is 0 Å². The van der Waals surface area contributed by atoms with E-state index in [0.717, 1.165) is 12.8 Å². The van der Waals surface area contributed by atoms with Gasteiger partial charge in [-0.2, -0.15) is 0 Å². The summed E-state index contributed by atoms with van der Waals surface area (Å²) in [5.41, 5.74) is 0.639. The number of hydrogen-bond acceptors (Lipinski definition) is 3. The van der Waals surface area contributed by atoms with Crippen molar-refractivity contribution in [3.63, 3.8) is 0 Å². The Balaban J connectivity index is 2.58. The summed E-state index contributed by atoms with van der Waals surface area (Å²) in [5.74, 6) is -0.581. The molecule has 2 N–H and O–H groups in total. The fourth-order valence-electron chi connectivity index (χ4n) is 1.99. The summed E-state index contributed by atoms with van der Waals surface area (Å²) < 4.78 is 5.03. The SMILES string of the molecule is CCC(CC)N(C)C(=O)Nc1ccc(OCC(=O)O)cc1. The lowest BCUT2D eigenvalue weighted by molar-refractivity contribution is -0.139. The molecule has 1 aromatic carbocycles. The number of urea groups is 1. The Morgan fingerprint density at radius 2 is 1.81 bits per heavy atom. The van der Waals surface area contributed by atoms with Gasteiger partial charge in [0.2, 0.25) is 0 Å². The molecule has 0 saturated heterocycles. The normalized spacial score (nSPS) is 10.3. The molecule has 0 aromatic heterocycles. The summed E-state index contributed by atoms with van der Waals surface area (Å²) in [6.45, 7) is 3.71. The van der Waals surface area contributed by atoms with E-state index in [1.165, 1.54) is 0 Å². The maximum absolute atomic E-state index is 12.1. The highest BCUT2D eigenvalue weighted by Gasteiger charge is 2.16. The van der Waals surface area contributed by atoms with Crippen molar-refractivity contribution in [3.05, 3.63) is 24.3 Å². The number of amides is 2. The first-order chi connectivity index (χ1) is 9.97. The van der Waals surface area contributed by atoms with Crippen LogP contribution >= 0.6 is 0 Å². The number of anilines is 1. The number of ether oxygens (including phenoxy) is 1. The second-order valence-corrected chi connectivity index (χ2v) is 4.72. The van der Waals surface area contributed by atoms with E-state index in [2.05, 4.69) is 5.32 Å². The topological polar surface area (TPSA) is 78.9 Å². The zero-order chi connectivity index (χ0) is 15.8. The van der Waals surface area contributed by atoms with Crippen LogP contribution < -0.4 is 10.1 Å². The third-order valence-electron chi connectivity index (χ3n) is 3.28. The zero-order valence-corrected chi connectivity index (χ0v) is 12.6. The molecule has 0 aliphatic heterocycles. The van der Waals surface area contributed by atoms with E-state index in [4.69, 9.17) is 9.84 Å². The number of rotatable bonds is 7. The van der Waals surface area contributed by atoms with Crippen LogP contribution in [0.4, 0.5) is 10.5 Å². The number of carboxylic acids is 1. The van der Waals surface area contributed by atoms with Gasteiger partial charge in [-0.1, -0.05) is 13.8 Å². The molecule has 2 amide bonds. The lowest BCUT2D eigenvalue weighted by Crippen LogP contribution is -2.39. The highest BCUT2D eigenvalue weighted by molar-refractivity contribution is 5.89. The van der Waals surface area contributed by atoms with Crippen LogP contribution in [-0.4, -0.2) is 41.7 Å². The first-order valence-corrected chi connectivity index (χ1v) is 6.96. The van der Waals surface area contributed by atoms with Gasteiger partial charge >= 0.3 is 12.0 Å². The zero-order valence-electron chi connectivity index (χ0n) is 12.6. The van der Waals surface area contributed by atoms with Crippen molar-refractivity contribution in [2.24, 2.45) is 0 Å². The first-order valence-electron chi connectivity index (χ1n) is 6.96. The number of carbonyl (C=O) groups excluding carboxylic acids is 1. The number of carboxylic acid groups (broad SMARTS) is 1. The number of carbonyl (C=O) groups is 2. The molecule has 116 valence electrons. The van der Waals surface area contributed by atoms with E-state index in [0.29, 0.717) is 11.4 Å². The van der Waals surface area contributed by atoms with E-state index in [1.54, 1.807) is 36.2 Å². The van der Waals surface area contributed by atoms with Crippen molar-refractivity contribution < 1.29 is 19.4 Å². The summed E-state index contributed by atoms with van der Waals surface area (Å²) in [5, 5.41) is 11.3. The maximum Gasteiger partial charge on any atom is 0.341 e. The molecule has 0 aliphatic rings. The molecule has 0 aliphatic carbocycles. The Bertz CT molecular complexity index is 469. The molecule has 0 atom stereocenters. The number of nitrogens with zero attached hydrogens (tertiary/aromatic N) is 1. The highest BCUT2D eigenvalue weighted by atomic mass is 16.5. The van der Waals surface area contributed by atoms with E-state index >= 15 is 0 Å². The summed E-state index contributed by atoms with van der Waals surface area (Å²) in [7, 11) is 1.78. The Labute approximate surface area is 124 Å². The minimum absolute atomic E-state index is 0.164. The second kappa shape index (κ2) is 8.14. The lowest BCUT2D eigenvalue weighted by Gasteiger charge is -2.26. The molecule has 1 rings (SSSR count). The standard InChI is InChI=1S/C15H22N2O4/c1-4-12(5-2)17(3)15(20)16-11-6-8-13(9-7-11)21-10-14(18)19/h6-9,12H,4-5,10H2,1-3H3,(H,16,20)(H,18,19). The van der Waals surface area contributed by atoms with Crippen molar-refractivity contribution in [2.75, 3.05) is 19.0 Å². The van der Waals surface area contributed by atoms with E-state index in [1.807, 2.05) is 13.8 Å². The fourth-order valence-corrected chi connectivity index (χ4v) is 1.99. The smallest absolute Gasteiger partial charge is 0.341 e. The van der Waals surface area contributed by atoms with Crippen LogP contribution in [0.2, 0.25) is 0 Å². The quantitative estimate of drug-likeness (QED) is 0.810. The predicted molar refractivity (Wildman–Crippen MR) is 80.7 cm³/mol. The summed E-state index contributed by atoms with van der Waals surface area (Å²) in [4.78, 5) is 24.2. The van der Waals surface area contributed by atoms with Crippen LogP contribution in [0.1, 0.15) is 26.7 Å². The monoisotopic (exact) mass is 294 g/mol. The molecule has 0 unspecified atom stereocenters. The Kier molecular flexibility index (Phi) is 6.52. The molecule has 1 aromatic rings. The molecule has 21 heavy (non-hydrogen) atoms. The summed E-state index contributed by atoms with van der Waals surface area (Å²) in [6.07, 6.45) is 1.81. The molecule has 0 spiro atoms. The minimum atomic E-state index is -1.03. The van der Waals surface area contributed by atoms with Crippen molar-refractivity contribution in [3.8, 4) is 5.75 Å². The summed E-state index contributed by atoms with van der Waals surface area (Å²) in [6, 6.07) is 6.64. The van der Waals surface area contributed by atoms with Crippen LogP contribution in [0.3, 0.4) is 0 Å². The van der Waals surface area contributed by atoms with Gasteiger partial charge in [0.25, 0.3) is 0 Å².